The van der Waals surface area contributed by atoms with Gasteiger partial charge < -0.3 is 10.2 Å². The van der Waals surface area contributed by atoms with Crippen molar-refractivity contribution in [1.82, 2.24) is 15.3 Å². The quantitative estimate of drug-likeness (QED) is 0.849. The second-order valence-electron chi connectivity index (χ2n) is 5.17. The van der Waals surface area contributed by atoms with Gasteiger partial charge in [-0.1, -0.05) is 13.8 Å². The first-order valence-electron chi connectivity index (χ1n) is 7.45. The van der Waals surface area contributed by atoms with E-state index in [0.717, 1.165) is 41.6 Å². The summed E-state index contributed by atoms with van der Waals surface area (Å²) < 4.78 is 0. The molecule has 2 rings (SSSR count). The predicted molar refractivity (Wildman–Crippen MR) is 89.9 cm³/mol. The zero-order valence-corrected chi connectivity index (χ0v) is 14.1. The SMILES string of the molecule is CCNC(CC)c1ccc(N(C)Cc2csc(C)n2)cn1. The molecule has 1 atom stereocenters. The minimum absolute atomic E-state index is 0.343. The van der Waals surface area contributed by atoms with E-state index in [4.69, 9.17) is 0 Å². The van der Waals surface area contributed by atoms with Crippen LogP contribution in [0, 0.1) is 6.92 Å². The molecule has 0 aliphatic rings. The smallest absolute Gasteiger partial charge is 0.0898 e. The Bertz CT molecular complexity index is 550. The normalized spacial score (nSPS) is 12.4. The maximum absolute atomic E-state index is 4.61. The number of hydrogen-bond acceptors (Lipinski definition) is 5. The van der Waals surface area contributed by atoms with Gasteiger partial charge in [-0.25, -0.2) is 4.98 Å². The van der Waals surface area contributed by atoms with Crippen LogP contribution in [-0.4, -0.2) is 23.6 Å². The average Bonchev–Trinajstić information content (AvgIpc) is 2.90. The zero-order valence-electron chi connectivity index (χ0n) is 13.3. The van der Waals surface area contributed by atoms with Gasteiger partial charge in [0.15, 0.2) is 0 Å². The molecule has 0 fully saturated rings. The van der Waals surface area contributed by atoms with E-state index in [-0.39, 0.29) is 0 Å². The van der Waals surface area contributed by atoms with Gasteiger partial charge in [-0.05, 0) is 32.0 Å². The Morgan fingerprint density at radius 3 is 2.67 bits per heavy atom. The molecule has 0 radical (unpaired) electrons. The fraction of sp³-hybridized carbons (Fsp3) is 0.500. The molecule has 21 heavy (non-hydrogen) atoms. The van der Waals surface area contributed by atoms with Gasteiger partial charge in [-0.2, -0.15) is 0 Å². The lowest BCUT2D eigenvalue weighted by molar-refractivity contribution is 0.525. The van der Waals surface area contributed by atoms with Gasteiger partial charge in [0.2, 0.25) is 0 Å². The summed E-state index contributed by atoms with van der Waals surface area (Å²) in [5, 5.41) is 6.69. The molecule has 1 unspecified atom stereocenters. The molecule has 0 aliphatic carbocycles. The summed E-state index contributed by atoms with van der Waals surface area (Å²) in [5.74, 6) is 0. The lowest BCUT2D eigenvalue weighted by Gasteiger charge is -2.20. The number of aromatic nitrogens is 2. The molecule has 2 aromatic rings. The van der Waals surface area contributed by atoms with Crippen LogP contribution >= 0.6 is 11.3 Å². The molecular weight excluding hydrogens is 280 g/mol. The van der Waals surface area contributed by atoms with Crippen molar-refractivity contribution in [3.63, 3.8) is 0 Å². The highest BCUT2D eigenvalue weighted by atomic mass is 32.1. The maximum Gasteiger partial charge on any atom is 0.0898 e. The zero-order chi connectivity index (χ0) is 15.2. The Balaban J connectivity index is 2.03. The minimum Gasteiger partial charge on any atom is -0.367 e. The Kier molecular flexibility index (Phi) is 5.70. The van der Waals surface area contributed by atoms with Gasteiger partial charge in [-0.3, -0.25) is 4.98 Å². The summed E-state index contributed by atoms with van der Waals surface area (Å²) in [5.41, 5.74) is 3.35. The first-order chi connectivity index (χ1) is 10.1. The number of rotatable bonds is 7. The van der Waals surface area contributed by atoms with Crippen LogP contribution in [0.2, 0.25) is 0 Å². The number of pyridine rings is 1. The van der Waals surface area contributed by atoms with Crippen LogP contribution in [0.3, 0.4) is 0 Å². The van der Waals surface area contributed by atoms with E-state index >= 15 is 0 Å². The van der Waals surface area contributed by atoms with Gasteiger partial charge in [0.25, 0.3) is 0 Å². The van der Waals surface area contributed by atoms with Crippen LogP contribution < -0.4 is 10.2 Å². The molecule has 1 N–H and O–H groups in total. The Labute approximate surface area is 131 Å². The molecule has 0 amide bonds. The van der Waals surface area contributed by atoms with E-state index in [9.17, 15) is 0 Å². The van der Waals surface area contributed by atoms with E-state index in [0.29, 0.717) is 6.04 Å². The highest BCUT2D eigenvalue weighted by molar-refractivity contribution is 7.09. The summed E-state index contributed by atoms with van der Waals surface area (Å²) in [4.78, 5) is 11.3. The molecule has 5 heteroatoms. The van der Waals surface area contributed by atoms with Gasteiger partial charge in [0.05, 0.1) is 34.8 Å². The van der Waals surface area contributed by atoms with E-state index in [1.54, 1.807) is 11.3 Å². The third-order valence-corrected chi connectivity index (χ3v) is 4.32. The highest BCUT2D eigenvalue weighted by Crippen LogP contribution is 2.19. The van der Waals surface area contributed by atoms with E-state index < -0.39 is 0 Å². The topological polar surface area (TPSA) is 41.0 Å². The fourth-order valence-corrected chi connectivity index (χ4v) is 2.95. The molecule has 0 spiro atoms. The summed E-state index contributed by atoms with van der Waals surface area (Å²) >= 11 is 1.69. The third-order valence-electron chi connectivity index (χ3n) is 3.49. The van der Waals surface area contributed by atoms with Crippen LogP contribution in [0.4, 0.5) is 5.69 Å². The third kappa shape index (κ3) is 4.25. The number of anilines is 1. The lowest BCUT2D eigenvalue weighted by Crippen LogP contribution is -2.21. The number of thiazole rings is 1. The molecular formula is C16H24N4S. The van der Waals surface area contributed by atoms with Crippen molar-refractivity contribution in [1.29, 1.82) is 0 Å². The van der Waals surface area contributed by atoms with Crippen LogP contribution in [0.15, 0.2) is 23.7 Å². The first kappa shape index (κ1) is 15.9. The van der Waals surface area contributed by atoms with Crippen LogP contribution in [0.25, 0.3) is 0 Å². The van der Waals surface area contributed by atoms with Crippen molar-refractivity contribution in [2.75, 3.05) is 18.5 Å². The second kappa shape index (κ2) is 7.52. The summed E-state index contributed by atoms with van der Waals surface area (Å²) in [6.07, 6.45) is 3.00. The summed E-state index contributed by atoms with van der Waals surface area (Å²) in [6.45, 7) is 8.12. The van der Waals surface area contributed by atoms with Gasteiger partial charge in [-0.15, -0.1) is 11.3 Å². The van der Waals surface area contributed by atoms with E-state index in [1.807, 2.05) is 13.1 Å². The van der Waals surface area contributed by atoms with Crippen molar-refractivity contribution in [3.05, 3.63) is 40.1 Å². The number of nitrogens with zero attached hydrogens (tertiary/aromatic N) is 3. The molecule has 0 saturated carbocycles. The predicted octanol–water partition coefficient (Wildman–Crippen LogP) is 3.54. The fourth-order valence-electron chi connectivity index (χ4n) is 2.35. The largest absolute Gasteiger partial charge is 0.367 e. The lowest BCUT2D eigenvalue weighted by atomic mass is 10.1. The molecule has 4 nitrogen and oxygen atoms in total. The Hall–Kier alpha value is -1.46. The van der Waals surface area contributed by atoms with E-state index in [1.165, 1.54) is 0 Å². The monoisotopic (exact) mass is 304 g/mol. The first-order valence-corrected chi connectivity index (χ1v) is 8.33. The van der Waals surface area contributed by atoms with Crippen molar-refractivity contribution in [2.24, 2.45) is 0 Å². The Morgan fingerprint density at radius 2 is 2.14 bits per heavy atom. The number of hydrogen-bond donors (Lipinski definition) is 1. The second-order valence-corrected chi connectivity index (χ2v) is 6.24. The average molecular weight is 304 g/mol. The van der Waals surface area contributed by atoms with Gasteiger partial charge in [0.1, 0.15) is 0 Å². The molecule has 0 saturated heterocycles. The molecule has 0 bridgehead atoms. The minimum atomic E-state index is 0.343. The molecule has 114 valence electrons. The summed E-state index contributed by atoms with van der Waals surface area (Å²) in [7, 11) is 2.08. The van der Waals surface area contributed by atoms with Gasteiger partial charge in [0, 0.05) is 18.5 Å². The van der Waals surface area contributed by atoms with Gasteiger partial charge >= 0.3 is 0 Å². The van der Waals surface area contributed by atoms with E-state index in [2.05, 4.69) is 58.6 Å². The molecule has 0 aliphatic heterocycles. The van der Waals surface area contributed by atoms with Crippen molar-refractivity contribution < 1.29 is 0 Å². The Morgan fingerprint density at radius 1 is 1.33 bits per heavy atom. The molecule has 2 aromatic heterocycles. The van der Waals surface area contributed by atoms with Crippen molar-refractivity contribution in [2.45, 2.75) is 39.8 Å². The highest BCUT2D eigenvalue weighted by Gasteiger charge is 2.10. The summed E-state index contributed by atoms with van der Waals surface area (Å²) in [6, 6.07) is 4.60. The molecule has 0 aromatic carbocycles. The standard InChI is InChI=1S/C16H24N4S/c1-5-15(17-6-2)16-8-7-14(9-18-16)20(4)10-13-11-21-12(3)19-13/h7-9,11,15,17H,5-6,10H2,1-4H3. The number of nitrogens with one attached hydrogen (secondary N) is 1. The molecule has 2 heterocycles. The van der Waals surface area contributed by atoms with Crippen LogP contribution in [-0.2, 0) is 6.54 Å². The van der Waals surface area contributed by atoms with Crippen LogP contribution in [0.5, 0.6) is 0 Å². The maximum atomic E-state index is 4.61. The van der Waals surface area contributed by atoms with Crippen LogP contribution in [0.1, 0.15) is 42.7 Å². The van der Waals surface area contributed by atoms with Crippen molar-refractivity contribution in [3.8, 4) is 0 Å². The number of aryl methyl sites for hydroxylation is 1. The van der Waals surface area contributed by atoms with Crippen molar-refractivity contribution >= 4 is 17.0 Å².